The van der Waals surface area contributed by atoms with Crippen LogP contribution in [0, 0.1) is 0 Å². The number of fused-ring (bicyclic) bond motifs is 1. The predicted molar refractivity (Wildman–Crippen MR) is 85.9 cm³/mol. The van der Waals surface area contributed by atoms with Crippen LogP contribution in [0.1, 0.15) is 12.5 Å². The zero-order valence-electron chi connectivity index (χ0n) is 13.4. The average molecular weight is 349 g/mol. The van der Waals surface area contributed by atoms with Gasteiger partial charge in [0.05, 0.1) is 0 Å². The smallest absolute Gasteiger partial charge is 0.387 e. The van der Waals surface area contributed by atoms with Gasteiger partial charge in [-0.1, -0.05) is 30.3 Å². The molecule has 0 bridgehead atoms. The molecule has 0 saturated heterocycles. The number of benzene rings is 2. The molecule has 1 aliphatic heterocycles. The number of hydrogen-bond donors (Lipinski definition) is 1. The minimum absolute atomic E-state index is 0.0250. The number of ether oxygens (including phenoxy) is 3. The number of para-hydroxylation sites is 3. The molecule has 2 aromatic rings. The van der Waals surface area contributed by atoms with Crippen LogP contribution < -0.4 is 19.5 Å². The van der Waals surface area contributed by atoms with Crippen molar-refractivity contribution >= 4 is 5.91 Å². The lowest BCUT2D eigenvalue weighted by Crippen LogP contribution is -2.48. The second-order valence-corrected chi connectivity index (χ2v) is 5.51. The van der Waals surface area contributed by atoms with Gasteiger partial charge in [0.1, 0.15) is 11.9 Å². The van der Waals surface area contributed by atoms with E-state index in [1.807, 2.05) is 6.07 Å². The van der Waals surface area contributed by atoms with Gasteiger partial charge in [-0.25, -0.2) is 0 Å². The van der Waals surface area contributed by atoms with Crippen molar-refractivity contribution in [2.24, 2.45) is 0 Å². The standard InChI is InChI=1S/C18H17F2NO4/c1-11-16(24-15-9-5-4-8-14(15)23-11)17(22)21-10-12-6-2-3-7-13(12)25-18(19)20/h2-9,11,16,18H,10H2,1H3,(H,21,22). The lowest BCUT2D eigenvalue weighted by atomic mass is 10.1. The van der Waals surface area contributed by atoms with Crippen LogP contribution in [0.4, 0.5) is 8.78 Å². The third-order valence-electron chi connectivity index (χ3n) is 3.74. The van der Waals surface area contributed by atoms with Crippen molar-refractivity contribution in [1.82, 2.24) is 5.32 Å². The Bertz CT molecular complexity index is 753. The van der Waals surface area contributed by atoms with Gasteiger partial charge in [-0.05, 0) is 25.1 Å². The first-order valence-electron chi connectivity index (χ1n) is 7.77. The van der Waals surface area contributed by atoms with E-state index in [0.717, 1.165) is 0 Å². The summed E-state index contributed by atoms with van der Waals surface area (Å²) in [6, 6.07) is 13.4. The Balaban J connectivity index is 1.66. The van der Waals surface area contributed by atoms with Gasteiger partial charge >= 0.3 is 6.61 Å². The monoisotopic (exact) mass is 349 g/mol. The maximum Gasteiger partial charge on any atom is 0.387 e. The Morgan fingerprint density at radius 1 is 1.12 bits per heavy atom. The van der Waals surface area contributed by atoms with Crippen LogP contribution in [0.5, 0.6) is 17.2 Å². The number of nitrogens with one attached hydrogen (secondary N) is 1. The first-order valence-corrected chi connectivity index (χ1v) is 7.77. The van der Waals surface area contributed by atoms with Crippen molar-refractivity contribution in [3.63, 3.8) is 0 Å². The highest BCUT2D eigenvalue weighted by Gasteiger charge is 2.33. The number of amides is 1. The minimum atomic E-state index is -2.93. The minimum Gasteiger partial charge on any atom is -0.482 e. The number of carbonyl (C=O) groups excluding carboxylic acids is 1. The fourth-order valence-corrected chi connectivity index (χ4v) is 2.55. The molecule has 3 rings (SSSR count). The van der Waals surface area contributed by atoms with Crippen molar-refractivity contribution < 1.29 is 27.8 Å². The normalized spacial score (nSPS) is 18.7. The summed E-state index contributed by atoms with van der Waals surface area (Å²) in [5.74, 6) is 0.697. The van der Waals surface area contributed by atoms with Gasteiger partial charge in [0.25, 0.3) is 5.91 Å². The second-order valence-electron chi connectivity index (χ2n) is 5.51. The Hall–Kier alpha value is -2.83. The molecule has 0 radical (unpaired) electrons. The van der Waals surface area contributed by atoms with E-state index in [0.29, 0.717) is 17.1 Å². The molecule has 0 saturated carbocycles. The fourth-order valence-electron chi connectivity index (χ4n) is 2.55. The van der Waals surface area contributed by atoms with Gasteiger partial charge in [-0.2, -0.15) is 8.78 Å². The topological polar surface area (TPSA) is 56.8 Å². The summed E-state index contributed by atoms with van der Waals surface area (Å²) >= 11 is 0. The highest BCUT2D eigenvalue weighted by molar-refractivity contribution is 5.82. The van der Waals surface area contributed by atoms with Crippen LogP contribution in [0.3, 0.4) is 0 Å². The quantitative estimate of drug-likeness (QED) is 0.901. The molecular formula is C18H17F2NO4. The average Bonchev–Trinajstić information content (AvgIpc) is 2.59. The molecule has 0 aliphatic carbocycles. The van der Waals surface area contributed by atoms with Crippen molar-refractivity contribution in [2.45, 2.75) is 32.3 Å². The third-order valence-corrected chi connectivity index (χ3v) is 3.74. The molecule has 25 heavy (non-hydrogen) atoms. The summed E-state index contributed by atoms with van der Waals surface area (Å²) in [6.45, 7) is -1.16. The fraction of sp³-hybridized carbons (Fsp3) is 0.278. The van der Waals surface area contributed by atoms with Gasteiger partial charge < -0.3 is 19.5 Å². The summed E-state index contributed by atoms with van der Waals surface area (Å²) in [6.07, 6.45) is -1.32. The maximum absolute atomic E-state index is 12.4. The van der Waals surface area contributed by atoms with Crippen LogP contribution in [0.2, 0.25) is 0 Å². The molecule has 1 N–H and O–H groups in total. The van der Waals surface area contributed by atoms with Crippen LogP contribution in [0.25, 0.3) is 0 Å². The highest BCUT2D eigenvalue weighted by Crippen LogP contribution is 2.33. The van der Waals surface area contributed by atoms with E-state index in [-0.39, 0.29) is 12.3 Å². The summed E-state index contributed by atoms with van der Waals surface area (Å²) in [5.41, 5.74) is 0.445. The number of halogens is 2. The molecule has 132 valence electrons. The molecule has 1 amide bonds. The zero-order chi connectivity index (χ0) is 17.8. The number of alkyl halides is 2. The summed E-state index contributed by atoms with van der Waals surface area (Å²) in [4.78, 5) is 12.4. The number of hydrogen-bond acceptors (Lipinski definition) is 4. The van der Waals surface area contributed by atoms with Crippen LogP contribution in [-0.4, -0.2) is 24.7 Å². The second kappa shape index (κ2) is 7.38. The molecule has 1 heterocycles. The molecule has 0 spiro atoms. The Morgan fingerprint density at radius 3 is 2.48 bits per heavy atom. The first-order chi connectivity index (χ1) is 12.0. The van der Waals surface area contributed by atoms with E-state index in [1.165, 1.54) is 6.07 Å². The molecule has 0 aromatic heterocycles. The van der Waals surface area contributed by atoms with Crippen LogP contribution >= 0.6 is 0 Å². The molecule has 1 aliphatic rings. The highest BCUT2D eigenvalue weighted by atomic mass is 19.3. The molecule has 2 aromatic carbocycles. The van der Waals surface area contributed by atoms with Crippen molar-refractivity contribution in [2.75, 3.05) is 0 Å². The molecule has 7 heteroatoms. The zero-order valence-corrected chi connectivity index (χ0v) is 13.4. The third kappa shape index (κ3) is 3.99. The SMILES string of the molecule is CC1Oc2ccccc2OC1C(=O)NCc1ccccc1OC(F)F. The first kappa shape index (κ1) is 17.0. The molecule has 0 fully saturated rings. The van der Waals surface area contributed by atoms with Gasteiger partial charge in [-0.15, -0.1) is 0 Å². The van der Waals surface area contributed by atoms with Crippen LogP contribution in [-0.2, 0) is 11.3 Å². The summed E-state index contributed by atoms with van der Waals surface area (Å²) in [5, 5.41) is 2.67. The van der Waals surface area contributed by atoms with E-state index >= 15 is 0 Å². The van der Waals surface area contributed by atoms with E-state index in [4.69, 9.17) is 9.47 Å². The van der Waals surface area contributed by atoms with E-state index in [2.05, 4.69) is 10.1 Å². The Morgan fingerprint density at radius 2 is 1.76 bits per heavy atom. The van der Waals surface area contributed by atoms with E-state index in [1.54, 1.807) is 43.3 Å². The van der Waals surface area contributed by atoms with Gasteiger partial charge in [0.15, 0.2) is 11.5 Å². The van der Waals surface area contributed by atoms with Crippen molar-refractivity contribution in [3.05, 3.63) is 54.1 Å². The molecule has 2 unspecified atom stereocenters. The molecule has 2 atom stereocenters. The van der Waals surface area contributed by atoms with Crippen molar-refractivity contribution in [3.8, 4) is 17.2 Å². The Labute approximate surface area is 143 Å². The summed E-state index contributed by atoms with van der Waals surface area (Å²) in [7, 11) is 0. The van der Waals surface area contributed by atoms with Crippen LogP contribution in [0.15, 0.2) is 48.5 Å². The van der Waals surface area contributed by atoms with E-state index in [9.17, 15) is 13.6 Å². The largest absolute Gasteiger partial charge is 0.482 e. The number of carbonyl (C=O) groups is 1. The number of rotatable bonds is 5. The lowest BCUT2D eigenvalue weighted by Gasteiger charge is -2.31. The Kier molecular flexibility index (Phi) is 5.02. The molecule has 5 nitrogen and oxygen atoms in total. The van der Waals surface area contributed by atoms with E-state index < -0.39 is 24.7 Å². The van der Waals surface area contributed by atoms with Crippen molar-refractivity contribution in [1.29, 1.82) is 0 Å². The summed E-state index contributed by atoms with van der Waals surface area (Å²) < 4.78 is 40.7. The van der Waals surface area contributed by atoms with Gasteiger partial charge in [0, 0.05) is 12.1 Å². The lowest BCUT2D eigenvalue weighted by molar-refractivity contribution is -0.133. The maximum atomic E-state index is 12.4. The van der Waals surface area contributed by atoms with Gasteiger partial charge in [0.2, 0.25) is 6.10 Å². The van der Waals surface area contributed by atoms with Gasteiger partial charge in [-0.3, -0.25) is 4.79 Å². The predicted octanol–water partition coefficient (Wildman–Crippen LogP) is 3.13. The molecular weight excluding hydrogens is 332 g/mol.